The van der Waals surface area contributed by atoms with E-state index >= 15 is 0 Å². The number of ether oxygens (including phenoxy) is 2. The number of hydrogen-bond acceptors (Lipinski definition) is 6. The van der Waals surface area contributed by atoms with Gasteiger partial charge in [-0.2, -0.15) is 0 Å². The summed E-state index contributed by atoms with van der Waals surface area (Å²) in [6.07, 6.45) is 3.73. The molecule has 3 aliphatic rings. The highest BCUT2D eigenvalue weighted by molar-refractivity contribution is 5.82. The van der Waals surface area contributed by atoms with Crippen molar-refractivity contribution in [2.75, 3.05) is 6.54 Å². The fourth-order valence-corrected chi connectivity index (χ4v) is 5.57. The Kier molecular flexibility index (Phi) is 4.48. The van der Waals surface area contributed by atoms with Crippen LogP contribution in [0.25, 0.3) is 0 Å². The molecule has 0 radical (unpaired) electrons. The highest BCUT2D eigenvalue weighted by Crippen LogP contribution is 2.57. The van der Waals surface area contributed by atoms with Gasteiger partial charge in [0.25, 0.3) is 0 Å². The molecule has 3 atom stereocenters. The van der Waals surface area contributed by atoms with Crippen molar-refractivity contribution in [3.05, 3.63) is 23.3 Å². The number of piperidine rings is 1. The van der Waals surface area contributed by atoms with Crippen LogP contribution in [0.4, 0.5) is 0 Å². The number of carbonyl (C=O) groups excluding carboxylic acids is 4. The Morgan fingerprint density at radius 3 is 2.64 bits per heavy atom. The maximum Gasteiger partial charge on any atom is 0.308 e. The molecule has 7 nitrogen and oxygen atoms in total. The lowest BCUT2D eigenvalue weighted by atomic mass is 9.52. The van der Waals surface area contributed by atoms with Gasteiger partial charge in [0.15, 0.2) is 0 Å². The summed E-state index contributed by atoms with van der Waals surface area (Å²) in [5.41, 5.74) is 1.29. The largest absolute Gasteiger partial charge is 0.427 e. The normalized spacial score (nSPS) is 28.1. The van der Waals surface area contributed by atoms with E-state index in [2.05, 4.69) is 0 Å². The maximum absolute atomic E-state index is 12.5. The van der Waals surface area contributed by atoms with E-state index in [4.69, 9.17) is 9.47 Å². The number of hydrogen-bond donors (Lipinski definition) is 0. The SMILES string of the molecule is CC(=O)Oc1cc2c(c(OC(C)=O)c1)[C@]13CCN(C=O)[C@H](C2)[C@@H]1CCC(=O)C3. The van der Waals surface area contributed by atoms with Crippen LogP contribution in [0.15, 0.2) is 12.1 Å². The molecule has 1 saturated carbocycles. The van der Waals surface area contributed by atoms with E-state index in [0.29, 0.717) is 43.7 Å². The zero-order valence-electron chi connectivity index (χ0n) is 16.0. The molecule has 1 aromatic rings. The van der Waals surface area contributed by atoms with Crippen molar-refractivity contribution in [3.8, 4) is 11.5 Å². The molecule has 0 N–H and O–H groups in total. The summed E-state index contributed by atoms with van der Waals surface area (Å²) in [7, 11) is 0. The predicted molar refractivity (Wildman–Crippen MR) is 98.0 cm³/mol. The summed E-state index contributed by atoms with van der Waals surface area (Å²) in [6, 6.07) is 3.34. The quantitative estimate of drug-likeness (QED) is 0.449. The van der Waals surface area contributed by atoms with Crippen molar-refractivity contribution in [2.24, 2.45) is 5.92 Å². The molecular formula is C21H23NO6. The minimum absolute atomic E-state index is 0.00962. The third-order valence-electron chi connectivity index (χ3n) is 6.40. The van der Waals surface area contributed by atoms with E-state index in [-0.39, 0.29) is 17.7 Å². The highest BCUT2D eigenvalue weighted by atomic mass is 16.5. The number of fused-ring (bicyclic) bond motifs is 1. The Balaban J connectivity index is 1.92. The summed E-state index contributed by atoms with van der Waals surface area (Å²) < 4.78 is 10.8. The lowest BCUT2D eigenvalue weighted by molar-refractivity contribution is -0.133. The second kappa shape index (κ2) is 6.72. The van der Waals surface area contributed by atoms with Gasteiger partial charge in [-0.1, -0.05) is 0 Å². The van der Waals surface area contributed by atoms with Gasteiger partial charge in [0.2, 0.25) is 6.41 Å². The first kappa shape index (κ1) is 18.7. The van der Waals surface area contributed by atoms with Gasteiger partial charge in [0, 0.05) is 56.3 Å². The fraction of sp³-hybridized carbons (Fsp3) is 0.524. The third-order valence-corrected chi connectivity index (χ3v) is 6.40. The van der Waals surface area contributed by atoms with E-state index in [1.807, 2.05) is 4.90 Å². The van der Waals surface area contributed by atoms with Crippen LogP contribution in [-0.2, 0) is 31.0 Å². The van der Waals surface area contributed by atoms with Gasteiger partial charge < -0.3 is 14.4 Å². The summed E-state index contributed by atoms with van der Waals surface area (Å²) in [6.45, 7) is 3.21. The molecule has 0 spiro atoms. The number of benzene rings is 1. The second-order valence-corrected chi connectivity index (χ2v) is 8.02. The molecule has 2 aliphatic carbocycles. The van der Waals surface area contributed by atoms with Gasteiger partial charge in [-0.15, -0.1) is 0 Å². The summed E-state index contributed by atoms with van der Waals surface area (Å²) in [5, 5.41) is 0. The number of amides is 1. The lowest BCUT2D eigenvalue weighted by Gasteiger charge is -2.57. The molecule has 7 heteroatoms. The zero-order valence-corrected chi connectivity index (χ0v) is 16.0. The molecular weight excluding hydrogens is 362 g/mol. The number of esters is 2. The Morgan fingerprint density at radius 1 is 1.21 bits per heavy atom. The smallest absolute Gasteiger partial charge is 0.308 e. The number of likely N-dealkylation sites (tertiary alicyclic amines) is 1. The Bertz CT molecular complexity index is 878. The van der Waals surface area contributed by atoms with Crippen LogP contribution in [-0.4, -0.2) is 41.6 Å². The second-order valence-electron chi connectivity index (χ2n) is 8.02. The van der Waals surface area contributed by atoms with Crippen LogP contribution in [0.3, 0.4) is 0 Å². The average Bonchev–Trinajstić information content (AvgIpc) is 2.59. The fourth-order valence-electron chi connectivity index (χ4n) is 5.57. The third kappa shape index (κ3) is 2.89. The Labute approximate surface area is 163 Å². The van der Waals surface area contributed by atoms with Crippen LogP contribution in [0, 0.1) is 5.92 Å². The lowest BCUT2D eigenvalue weighted by Crippen LogP contribution is -2.61. The number of ketones is 1. The van der Waals surface area contributed by atoms with Crippen molar-refractivity contribution in [3.63, 3.8) is 0 Å². The minimum Gasteiger partial charge on any atom is -0.427 e. The highest BCUT2D eigenvalue weighted by Gasteiger charge is 2.56. The van der Waals surface area contributed by atoms with Crippen molar-refractivity contribution < 1.29 is 28.7 Å². The first-order chi connectivity index (χ1) is 13.3. The molecule has 2 bridgehead atoms. The number of carbonyl (C=O) groups is 4. The average molecular weight is 385 g/mol. The van der Waals surface area contributed by atoms with E-state index in [1.54, 1.807) is 12.1 Å². The topological polar surface area (TPSA) is 90.0 Å². The van der Waals surface area contributed by atoms with E-state index in [9.17, 15) is 19.2 Å². The maximum atomic E-state index is 12.5. The summed E-state index contributed by atoms with van der Waals surface area (Å²) >= 11 is 0. The first-order valence-corrected chi connectivity index (χ1v) is 9.61. The van der Waals surface area contributed by atoms with Crippen LogP contribution in [0.2, 0.25) is 0 Å². The van der Waals surface area contributed by atoms with Crippen LogP contribution in [0.1, 0.15) is 50.7 Å². The molecule has 1 aromatic carbocycles. The van der Waals surface area contributed by atoms with E-state index < -0.39 is 17.4 Å². The monoisotopic (exact) mass is 385 g/mol. The minimum atomic E-state index is -0.469. The van der Waals surface area contributed by atoms with Gasteiger partial charge in [-0.05, 0) is 36.8 Å². The van der Waals surface area contributed by atoms with Gasteiger partial charge in [0.1, 0.15) is 17.3 Å². The number of Topliss-reactive ketones (excluding diaryl/α,β-unsaturated/α-hetero) is 1. The van der Waals surface area contributed by atoms with E-state index in [1.165, 1.54) is 13.8 Å². The molecule has 0 aromatic heterocycles. The Hall–Kier alpha value is -2.70. The molecule has 28 heavy (non-hydrogen) atoms. The van der Waals surface area contributed by atoms with E-state index in [0.717, 1.165) is 24.0 Å². The first-order valence-electron chi connectivity index (χ1n) is 9.61. The van der Waals surface area contributed by atoms with Crippen molar-refractivity contribution in [2.45, 2.75) is 57.4 Å². The van der Waals surface area contributed by atoms with Crippen LogP contribution >= 0.6 is 0 Å². The van der Waals surface area contributed by atoms with Gasteiger partial charge in [-0.25, -0.2) is 0 Å². The number of rotatable bonds is 3. The van der Waals surface area contributed by atoms with Crippen molar-refractivity contribution in [1.82, 2.24) is 4.90 Å². The molecule has 2 fully saturated rings. The molecule has 1 heterocycles. The van der Waals surface area contributed by atoms with Crippen molar-refractivity contribution in [1.29, 1.82) is 0 Å². The molecule has 1 aliphatic heterocycles. The zero-order chi connectivity index (χ0) is 20.1. The predicted octanol–water partition coefficient (Wildman–Crippen LogP) is 1.93. The molecule has 148 valence electrons. The Morgan fingerprint density at radius 2 is 1.96 bits per heavy atom. The summed E-state index contributed by atoms with van der Waals surface area (Å²) in [4.78, 5) is 49.2. The number of nitrogens with zero attached hydrogens (tertiary/aromatic N) is 1. The summed E-state index contributed by atoms with van der Waals surface area (Å²) in [5.74, 6) is 0.0628. The van der Waals surface area contributed by atoms with Gasteiger partial charge in [0.05, 0.1) is 0 Å². The van der Waals surface area contributed by atoms with Crippen LogP contribution in [0.5, 0.6) is 11.5 Å². The van der Waals surface area contributed by atoms with Gasteiger partial charge in [-0.3, -0.25) is 19.2 Å². The molecule has 1 saturated heterocycles. The van der Waals surface area contributed by atoms with Crippen LogP contribution < -0.4 is 9.47 Å². The molecule has 4 rings (SSSR count). The van der Waals surface area contributed by atoms with Gasteiger partial charge >= 0.3 is 11.9 Å². The van der Waals surface area contributed by atoms with Crippen molar-refractivity contribution >= 4 is 24.1 Å². The standard InChI is InChI=1S/C21H23NO6/c1-12(24)27-16-7-14-8-18-17-4-3-15(26)10-21(17,5-6-22(18)11-23)20(14)19(9-16)28-13(2)25/h7,9,11,17-18H,3-6,8,10H2,1-2H3/t17-,18+,21-/m0/s1. The molecule has 0 unspecified atom stereocenters. The molecule has 1 amide bonds.